The van der Waals surface area contributed by atoms with Gasteiger partial charge in [-0.3, -0.25) is 0 Å². The van der Waals surface area contributed by atoms with Crippen molar-refractivity contribution in [2.75, 3.05) is 38.4 Å². The minimum absolute atomic E-state index is 0.128. The molecule has 0 radical (unpaired) electrons. The predicted molar refractivity (Wildman–Crippen MR) is 83.4 cm³/mol. The Morgan fingerprint density at radius 1 is 1.42 bits per heavy atom. The first kappa shape index (κ1) is 16.7. The number of thioether (sulfide) groups is 1. The summed E-state index contributed by atoms with van der Waals surface area (Å²) in [6.07, 6.45) is 2.97. The van der Waals surface area contributed by atoms with Crippen LogP contribution >= 0.6 is 23.1 Å². The van der Waals surface area contributed by atoms with E-state index in [1.54, 1.807) is 23.1 Å². The fourth-order valence-electron chi connectivity index (χ4n) is 1.76. The van der Waals surface area contributed by atoms with Gasteiger partial charge in [-0.2, -0.15) is 0 Å². The number of likely N-dealkylation sites (N-methyl/N-ethyl adjacent to an activating group) is 1. The van der Waals surface area contributed by atoms with Gasteiger partial charge in [0.25, 0.3) is 0 Å². The summed E-state index contributed by atoms with van der Waals surface area (Å²) in [5.74, 6) is 1.01. The Morgan fingerprint density at radius 3 is 2.63 bits per heavy atom. The average Bonchev–Trinajstić information content (AvgIpc) is 2.89. The van der Waals surface area contributed by atoms with Gasteiger partial charge in [0, 0.05) is 25.4 Å². The van der Waals surface area contributed by atoms with Gasteiger partial charge >= 0.3 is 0 Å². The second-order valence-corrected chi connectivity index (χ2v) is 7.04. The highest BCUT2D eigenvalue weighted by atomic mass is 32.2. The molecule has 0 saturated heterocycles. The Labute approximate surface area is 123 Å². The smallest absolute Gasteiger partial charge is 0.208 e. The molecule has 1 rings (SSSR count). The largest absolute Gasteiger partial charge is 0.394 e. The molecule has 0 bridgehead atoms. The number of hydrogen-bond acceptors (Lipinski definition) is 7. The maximum absolute atomic E-state index is 9.46. The van der Waals surface area contributed by atoms with Gasteiger partial charge in [-0.05, 0) is 26.3 Å². The Balaban J connectivity index is 2.33. The van der Waals surface area contributed by atoms with Crippen LogP contribution < -0.4 is 10.2 Å². The van der Waals surface area contributed by atoms with Crippen molar-refractivity contribution in [1.82, 2.24) is 15.5 Å². The molecule has 0 fully saturated rings. The third-order valence-corrected chi connectivity index (χ3v) is 5.62. The van der Waals surface area contributed by atoms with Crippen LogP contribution in [0.3, 0.4) is 0 Å². The molecule has 0 aliphatic rings. The molecule has 0 amide bonds. The van der Waals surface area contributed by atoms with Crippen molar-refractivity contribution in [1.29, 1.82) is 0 Å². The molecule has 0 aliphatic carbocycles. The first-order valence-corrected chi connectivity index (χ1v) is 8.30. The number of nitrogens with one attached hydrogen (secondary N) is 1. The van der Waals surface area contributed by atoms with Crippen molar-refractivity contribution in [2.45, 2.75) is 36.1 Å². The monoisotopic (exact) mass is 304 g/mol. The van der Waals surface area contributed by atoms with E-state index in [0.717, 1.165) is 34.5 Å². The first-order chi connectivity index (χ1) is 9.06. The zero-order valence-corrected chi connectivity index (χ0v) is 13.8. The van der Waals surface area contributed by atoms with Gasteiger partial charge in [0.1, 0.15) is 0 Å². The number of aliphatic hydroxyl groups is 1. The van der Waals surface area contributed by atoms with Crippen LogP contribution in [0.15, 0.2) is 4.34 Å². The van der Waals surface area contributed by atoms with Crippen molar-refractivity contribution in [2.24, 2.45) is 0 Å². The van der Waals surface area contributed by atoms with Crippen LogP contribution in [0.25, 0.3) is 0 Å². The van der Waals surface area contributed by atoms with E-state index in [0.29, 0.717) is 0 Å². The van der Waals surface area contributed by atoms with Crippen LogP contribution in [0, 0.1) is 0 Å². The molecule has 1 aromatic heterocycles. The van der Waals surface area contributed by atoms with E-state index >= 15 is 0 Å². The highest BCUT2D eigenvalue weighted by Gasteiger charge is 2.24. The lowest BCUT2D eigenvalue weighted by Crippen LogP contribution is -2.45. The molecule has 0 spiro atoms. The Bertz CT molecular complexity index is 358. The van der Waals surface area contributed by atoms with E-state index in [-0.39, 0.29) is 12.1 Å². The molecule has 1 atom stereocenters. The van der Waals surface area contributed by atoms with Crippen LogP contribution in [-0.2, 0) is 0 Å². The van der Waals surface area contributed by atoms with Gasteiger partial charge < -0.3 is 15.3 Å². The molecule has 1 heterocycles. The lowest BCUT2D eigenvalue weighted by molar-refractivity contribution is 0.154. The summed E-state index contributed by atoms with van der Waals surface area (Å²) in [5.41, 5.74) is -0.128. The molecule has 7 heteroatoms. The zero-order chi connectivity index (χ0) is 14.3. The molecular weight excluding hydrogens is 280 g/mol. The molecule has 1 unspecified atom stereocenters. The van der Waals surface area contributed by atoms with E-state index in [1.807, 2.05) is 26.0 Å². The predicted octanol–water partition coefficient (Wildman–Crippen LogP) is 1.84. The summed E-state index contributed by atoms with van der Waals surface area (Å²) in [7, 11) is 5.86. The number of nitrogens with zero attached hydrogens (tertiary/aromatic N) is 3. The first-order valence-electron chi connectivity index (χ1n) is 6.50. The van der Waals surface area contributed by atoms with E-state index < -0.39 is 0 Å². The normalized spacial score (nSPS) is 14.4. The average molecular weight is 304 g/mol. The summed E-state index contributed by atoms with van der Waals surface area (Å²) < 4.78 is 1.01. The molecule has 0 aliphatic heterocycles. The van der Waals surface area contributed by atoms with E-state index in [1.165, 1.54) is 0 Å². The molecule has 1 aromatic rings. The van der Waals surface area contributed by atoms with Gasteiger partial charge in [0.05, 0.1) is 6.61 Å². The van der Waals surface area contributed by atoms with Gasteiger partial charge in [0.15, 0.2) is 4.34 Å². The molecule has 19 heavy (non-hydrogen) atoms. The van der Waals surface area contributed by atoms with Gasteiger partial charge in [-0.25, -0.2) is 0 Å². The van der Waals surface area contributed by atoms with E-state index in [4.69, 9.17) is 0 Å². The van der Waals surface area contributed by atoms with Crippen LogP contribution in [0.5, 0.6) is 0 Å². The second-order valence-electron chi connectivity index (χ2n) is 4.74. The van der Waals surface area contributed by atoms with Gasteiger partial charge in [0.2, 0.25) is 5.13 Å². The highest BCUT2D eigenvalue weighted by molar-refractivity contribution is 8.01. The highest BCUT2D eigenvalue weighted by Crippen LogP contribution is 2.28. The minimum Gasteiger partial charge on any atom is -0.394 e. The number of rotatable bonds is 9. The maximum Gasteiger partial charge on any atom is 0.208 e. The summed E-state index contributed by atoms with van der Waals surface area (Å²) in [6, 6.07) is 0. The standard InChI is InChI=1S/C12H24N4OS2/c1-5-12(9-17,13-2)7-6-8-18-11-15-14-10(19-11)16(3)4/h13,17H,5-9H2,1-4H3. The lowest BCUT2D eigenvalue weighted by Gasteiger charge is -2.30. The van der Waals surface area contributed by atoms with Crippen LogP contribution in [0.2, 0.25) is 0 Å². The van der Waals surface area contributed by atoms with Crippen LogP contribution in [0.4, 0.5) is 5.13 Å². The fourth-order valence-corrected chi connectivity index (χ4v) is 3.53. The van der Waals surface area contributed by atoms with Crippen LogP contribution in [0.1, 0.15) is 26.2 Å². The lowest BCUT2D eigenvalue weighted by atomic mass is 9.92. The maximum atomic E-state index is 9.46. The quantitative estimate of drug-likeness (QED) is 0.536. The number of aliphatic hydroxyl groups excluding tert-OH is 1. The Kier molecular flexibility index (Phi) is 7.06. The second kappa shape index (κ2) is 8.04. The number of aromatic nitrogens is 2. The summed E-state index contributed by atoms with van der Waals surface area (Å²) in [4.78, 5) is 1.97. The van der Waals surface area contributed by atoms with Gasteiger partial charge in [-0.1, -0.05) is 30.0 Å². The van der Waals surface area contributed by atoms with Crippen molar-refractivity contribution >= 4 is 28.2 Å². The summed E-state index contributed by atoms with van der Waals surface area (Å²) >= 11 is 3.36. The molecule has 0 saturated carbocycles. The van der Waals surface area contributed by atoms with E-state index in [2.05, 4.69) is 22.4 Å². The van der Waals surface area contributed by atoms with Gasteiger partial charge in [-0.15, -0.1) is 10.2 Å². The molecule has 110 valence electrons. The third-order valence-electron chi connectivity index (χ3n) is 3.31. The molecule has 0 aromatic carbocycles. The molecule has 2 N–H and O–H groups in total. The fraction of sp³-hybridized carbons (Fsp3) is 0.833. The van der Waals surface area contributed by atoms with Crippen molar-refractivity contribution in [3.63, 3.8) is 0 Å². The summed E-state index contributed by atoms with van der Waals surface area (Å²) in [5, 5.41) is 21.9. The minimum atomic E-state index is -0.128. The Hall–Kier alpha value is -0.370. The third kappa shape index (κ3) is 4.91. The van der Waals surface area contributed by atoms with E-state index in [9.17, 15) is 5.11 Å². The van der Waals surface area contributed by atoms with Crippen molar-refractivity contribution in [3.05, 3.63) is 0 Å². The van der Waals surface area contributed by atoms with Crippen LogP contribution in [-0.4, -0.2) is 54.3 Å². The van der Waals surface area contributed by atoms with Crippen molar-refractivity contribution < 1.29 is 5.11 Å². The summed E-state index contributed by atoms with van der Waals surface area (Å²) in [6.45, 7) is 2.29. The topological polar surface area (TPSA) is 61.3 Å². The van der Waals surface area contributed by atoms with Crippen molar-refractivity contribution in [3.8, 4) is 0 Å². The SMILES string of the molecule is CCC(CO)(CCCSc1nnc(N(C)C)s1)NC. The number of anilines is 1. The Morgan fingerprint density at radius 2 is 2.16 bits per heavy atom. The number of hydrogen-bond donors (Lipinski definition) is 2. The molecular formula is C12H24N4OS2. The molecule has 5 nitrogen and oxygen atoms in total. The zero-order valence-electron chi connectivity index (χ0n) is 12.1.